The summed E-state index contributed by atoms with van der Waals surface area (Å²) < 4.78 is 19.5. The van der Waals surface area contributed by atoms with E-state index in [1.165, 1.54) is 6.07 Å². The van der Waals surface area contributed by atoms with Crippen LogP contribution < -0.4 is 0 Å². The second kappa shape index (κ2) is 6.28. The SMILES string of the molecule is CC(C)(C)OC(=O)c1ccc(-c2cccc(CO)c2F)cc1. The van der Waals surface area contributed by atoms with Crippen LogP contribution in [0.1, 0.15) is 36.7 Å². The summed E-state index contributed by atoms with van der Waals surface area (Å²) >= 11 is 0. The van der Waals surface area contributed by atoms with Crippen LogP contribution in [0.25, 0.3) is 11.1 Å². The molecular formula is C18H19FO3. The van der Waals surface area contributed by atoms with E-state index in [9.17, 15) is 9.18 Å². The normalized spacial score (nSPS) is 11.3. The molecule has 0 heterocycles. The third kappa shape index (κ3) is 3.71. The van der Waals surface area contributed by atoms with Gasteiger partial charge in [-0.2, -0.15) is 0 Å². The highest BCUT2D eigenvalue weighted by atomic mass is 19.1. The number of hydrogen-bond acceptors (Lipinski definition) is 3. The minimum absolute atomic E-state index is 0.244. The van der Waals surface area contributed by atoms with Crippen LogP contribution in [-0.2, 0) is 11.3 Å². The van der Waals surface area contributed by atoms with Crippen LogP contribution in [0.5, 0.6) is 0 Å². The molecule has 0 fully saturated rings. The molecule has 3 nitrogen and oxygen atoms in total. The molecule has 0 atom stereocenters. The topological polar surface area (TPSA) is 46.5 Å². The summed E-state index contributed by atoms with van der Waals surface area (Å²) in [5.41, 5.74) is 1.13. The van der Waals surface area contributed by atoms with Crippen molar-refractivity contribution < 1.29 is 19.0 Å². The highest BCUT2D eigenvalue weighted by Crippen LogP contribution is 2.26. The van der Waals surface area contributed by atoms with Gasteiger partial charge in [-0.3, -0.25) is 0 Å². The Morgan fingerprint density at radius 2 is 1.77 bits per heavy atom. The lowest BCUT2D eigenvalue weighted by atomic mass is 10.0. The van der Waals surface area contributed by atoms with E-state index in [4.69, 9.17) is 9.84 Å². The van der Waals surface area contributed by atoms with E-state index in [0.29, 0.717) is 16.7 Å². The summed E-state index contributed by atoms with van der Waals surface area (Å²) in [4.78, 5) is 11.9. The lowest BCUT2D eigenvalue weighted by Crippen LogP contribution is -2.23. The van der Waals surface area contributed by atoms with Crippen LogP contribution in [0.2, 0.25) is 0 Å². The summed E-state index contributed by atoms with van der Waals surface area (Å²) in [7, 11) is 0. The van der Waals surface area contributed by atoms with Gasteiger partial charge in [0.1, 0.15) is 11.4 Å². The number of hydrogen-bond donors (Lipinski definition) is 1. The van der Waals surface area contributed by atoms with E-state index in [0.717, 1.165) is 0 Å². The zero-order valence-electron chi connectivity index (χ0n) is 12.9. The van der Waals surface area contributed by atoms with Crippen molar-refractivity contribution in [3.05, 3.63) is 59.4 Å². The fraction of sp³-hybridized carbons (Fsp3) is 0.278. The van der Waals surface area contributed by atoms with E-state index < -0.39 is 17.4 Å². The molecule has 22 heavy (non-hydrogen) atoms. The van der Waals surface area contributed by atoms with Crippen molar-refractivity contribution in [2.75, 3.05) is 0 Å². The Kier molecular flexibility index (Phi) is 4.62. The molecule has 0 aliphatic rings. The lowest BCUT2D eigenvalue weighted by Gasteiger charge is -2.19. The van der Waals surface area contributed by atoms with Crippen molar-refractivity contribution in [1.29, 1.82) is 0 Å². The van der Waals surface area contributed by atoms with Gasteiger partial charge < -0.3 is 9.84 Å². The average molecular weight is 302 g/mol. The van der Waals surface area contributed by atoms with Crippen molar-refractivity contribution >= 4 is 5.97 Å². The second-order valence-electron chi connectivity index (χ2n) is 6.02. The van der Waals surface area contributed by atoms with Gasteiger partial charge in [-0.05, 0) is 38.5 Å². The zero-order chi connectivity index (χ0) is 16.3. The number of esters is 1. The number of ether oxygens (including phenoxy) is 1. The van der Waals surface area contributed by atoms with Crippen molar-refractivity contribution in [2.45, 2.75) is 33.0 Å². The Hall–Kier alpha value is -2.20. The number of benzene rings is 2. The molecule has 0 amide bonds. The number of carbonyl (C=O) groups excluding carboxylic acids is 1. The van der Waals surface area contributed by atoms with E-state index in [2.05, 4.69) is 0 Å². The Morgan fingerprint density at radius 1 is 1.14 bits per heavy atom. The number of aliphatic hydroxyl groups excluding tert-OH is 1. The van der Waals surface area contributed by atoms with Crippen LogP contribution in [0, 0.1) is 5.82 Å². The summed E-state index contributed by atoms with van der Waals surface area (Å²) in [6.07, 6.45) is 0. The molecule has 0 radical (unpaired) electrons. The molecule has 0 spiro atoms. The molecule has 0 aliphatic carbocycles. The predicted octanol–water partition coefficient (Wildman–Crippen LogP) is 3.94. The fourth-order valence-electron chi connectivity index (χ4n) is 2.05. The summed E-state index contributed by atoms with van der Waals surface area (Å²) in [5.74, 6) is -0.862. The number of halogens is 1. The fourth-order valence-corrected chi connectivity index (χ4v) is 2.05. The van der Waals surface area contributed by atoms with E-state index in [1.54, 1.807) is 57.2 Å². The summed E-state index contributed by atoms with van der Waals surface area (Å²) in [6, 6.07) is 11.4. The predicted molar refractivity (Wildman–Crippen MR) is 82.9 cm³/mol. The molecule has 2 aromatic carbocycles. The van der Waals surface area contributed by atoms with Crippen LogP contribution >= 0.6 is 0 Å². The first-order chi connectivity index (χ1) is 10.3. The molecule has 0 saturated heterocycles. The number of rotatable bonds is 3. The second-order valence-corrected chi connectivity index (χ2v) is 6.02. The monoisotopic (exact) mass is 302 g/mol. The van der Waals surface area contributed by atoms with Gasteiger partial charge in [-0.25, -0.2) is 9.18 Å². The van der Waals surface area contributed by atoms with E-state index in [-0.39, 0.29) is 12.2 Å². The maximum atomic E-state index is 14.2. The van der Waals surface area contributed by atoms with Gasteiger partial charge in [0, 0.05) is 11.1 Å². The van der Waals surface area contributed by atoms with Crippen LogP contribution in [0.4, 0.5) is 4.39 Å². The molecule has 0 bridgehead atoms. The average Bonchev–Trinajstić information content (AvgIpc) is 2.46. The van der Waals surface area contributed by atoms with Crippen LogP contribution in [0.3, 0.4) is 0 Å². The Labute approximate surface area is 129 Å². The van der Waals surface area contributed by atoms with Crippen LogP contribution in [0.15, 0.2) is 42.5 Å². The Bertz CT molecular complexity index is 670. The molecule has 4 heteroatoms. The molecule has 2 aromatic rings. The summed E-state index contributed by atoms with van der Waals surface area (Å²) in [5, 5.41) is 9.11. The van der Waals surface area contributed by atoms with Gasteiger partial charge in [0.15, 0.2) is 0 Å². The third-order valence-corrected chi connectivity index (χ3v) is 3.08. The Morgan fingerprint density at radius 3 is 2.32 bits per heavy atom. The summed E-state index contributed by atoms with van der Waals surface area (Å²) in [6.45, 7) is 5.05. The minimum Gasteiger partial charge on any atom is -0.456 e. The molecule has 2 rings (SSSR count). The van der Waals surface area contributed by atoms with Gasteiger partial charge in [0.25, 0.3) is 0 Å². The maximum Gasteiger partial charge on any atom is 0.338 e. The van der Waals surface area contributed by atoms with Crippen molar-refractivity contribution in [3.8, 4) is 11.1 Å². The minimum atomic E-state index is -0.558. The molecule has 1 N–H and O–H groups in total. The van der Waals surface area contributed by atoms with Crippen molar-refractivity contribution in [1.82, 2.24) is 0 Å². The van der Waals surface area contributed by atoms with Crippen LogP contribution in [-0.4, -0.2) is 16.7 Å². The smallest absolute Gasteiger partial charge is 0.338 e. The van der Waals surface area contributed by atoms with Gasteiger partial charge in [0.05, 0.1) is 12.2 Å². The van der Waals surface area contributed by atoms with Gasteiger partial charge in [0.2, 0.25) is 0 Å². The highest BCUT2D eigenvalue weighted by Gasteiger charge is 2.18. The van der Waals surface area contributed by atoms with Gasteiger partial charge >= 0.3 is 5.97 Å². The molecule has 0 aliphatic heterocycles. The molecule has 0 aromatic heterocycles. The van der Waals surface area contributed by atoms with E-state index in [1.807, 2.05) is 0 Å². The Balaban J connectivity index is 2.28. The number of aliphatic hydroxyl groups is 1. The maximum absolute atomic E-state index is 14.2. The molecule has 0 saturated carbocycles. The van der Waals surface area contributed by atoms with Crippen molar-refractivity contribution in [2.24, 2.45) is 0 Å². The first kappa shape index (κ1) is 16.2. The largest absolute Gasteiger partial charge is 0.456 e. The first-order valence-electron chi connectivity index (χ1n) is 7.04. The highest BCUT2D eigenvalue weighted by molar-refractivity contribution is 5.90. The quantitative estimate of drug-likeness (QED) is 0.874. The zero-order valence-corrected chi connectivity index (χ0v) is 12.9. The molecule has 116 valence electrons. The standard InChI is InChI=1S/C18H19FO3/c1-18(2,3)22-17(21)13-9-7-12(8-10-13)15-6-4-5-14(11-20)16(15)19/h4-10,20H,11H2,1-3H3. The number of carbonyl (C=O) groups is 1. The third-order valence-electron chi connectivity index (χ3n) is 3.08. The van der Waals surface area contributed by atoms with Gasteiger partial charge in [-0.15, -0.1) is 0 Å². The molecule has 0 unspecified atom stereocenters. The van der Waals surface area contributed by atoms with E-state index >= 15 is 0 Å². The lowest BCUT2D eigenvalue weighted by molar-refractivity contribution is 0.00695. The van der Waals surface area contributed by atoms with Crippen molar-refractivity contribution in [3.63, 3.8) is 0 Å². The first-order valence-corrected chi connectivity index (χ1v) is 7.04. The van der Waals surface area contributed by atoms with Gasteiger partial charge in [-0.1, -0.05) is 30.3 Å². The molecular weight excluding hydrogens is 283 g/mol.